The van der Waals surface area contributed by atoms with E-state index in [4.69, 9.17) is 23.2 Å². The second kappa shape index (κ2) is 3.42. The summed E-state index contributed by atoms with van der Waals surface area (Å²) in [6, 6.07) is 2.26. The van der Waals surface area contributed by atoms with Crippen molar-refractivity contribution < 1.29 is 9.18 Å². The maximum Gasteiger partial charge on any atom is 0.254 e. The summed E-state index contributed by atoms with van der Waals surface area (Å²) in [6.45, 7) is 1.61. The van der Waals surface area contributed by atoms with Crippen LogP contribution in [0.5, 0.6) is 0 Å². The highest BCUT2D eigenvalue weighted by Crippen LogP contribution is 2.23. The Kier molecular flexibility index (Phi) is 2.70. The predicted octanol–water partition coefficient (Wildman–Crippen LogP) is 3.17. The first kappa shape index (κ1) is 9.49. The van der Waals surface area contributed by atoms with Gasteiger partial charge in [-0.2, -0.15) is 0 Å². The Bertz CT molecular complexity index is 336. The zero-order chi connectivity index (χ0) is 9.30. The van der Waals surface area contributed by atoms with Gasteiger partial charge in [-0.15, -0.1) is 0 Å². The van der Waals surface area contributed by atoms with Gasteiger partial charge in [-0.1, -0.05) is 11.6 Å². The highest BCUT2D eigenvalue weighted by Gasteiger charge is 2.11. The molecule has 0 unspecified atom stereocenters. The summed E-state index contributed by atoms with van der Waals surface area (Å²) in [7, 11) is 0. The van der Waals surface area contributed by atoms with Crippen molar-refractivity contribution in [2.75, 3.05) is 0 Å². The van der Waals surface area contributed by atoms with E-state index in [0.717, 1.165) is 6.07 Å². The predicted molar refractivity (Wildman–Crippen MR) is 46.3 cm³/mol. The summed E-state index contributed by atoms with van der Waals surface area (Å²) in [5.41, 5.74) is 0.511. The molecule has 0 spiro atoms. The first-order valence-electron chi connectivity index (χ1n) is 3.18. The molecule has 1 aromatic carbocycles. The Balaban J connectivity index is 3.37. The fourth-order valence-corrected chi connectivity index (χ4v) is 1.26. The lowest BCUT2D eigenvalue weighted by Crippen LogP contribution is -1.94. The van der Waals surface area contributed by atoms with Gasteiger partial charge in [-0.05, 0) is 36.2 Å². The molecule has 0 bridgehead atoms. The molecule has 0 N–H and O–H groups in total. The highest BCUT2D eigenvalue weighted by atomic mass is 35.5. The minimum absolute atomic E-state index is 0.0100. The first-order valence-corrected chi connectivity index (χ1v) is 3.93. The van der Waals surface area contributed by atoms with E-state index in [9.17, 15) is 9.18 Å². The van der Waals surface area contributed by atoms with Gasteiger partial charge in [-0.25, -0.2) is 4.39 Å². The average Bonchev–Trinajstić information content (AvgIpc) is 1.96. The number of benzene rings is 1. The Morgan fingerprint density at radius 2 is 2.08 bits per heavy atom. The number of aryl methyl sites for hydroxylation is 1. The monoisotopic (exact) mass is 206 g/mol. The number of halogens is 3. The molecule has 1 nitrogen and oxygen atoms in total. The SMILES string of the molecule is Cc1cc(F)cc(C(=O)Cl)c1Cl. The topological polar surface area (TPSA) is 17.1 Å². The van der Waals surface area contributed by atoms with Crippen LogP contribution in [0.2, 0.25) is 5.02 Å². The summed E-state index contributed by atoms with van der Waals surface area (Å²) < 4.78 is 12.7. The zero-order valence-electron chi connectivity index (χ0n) is 6.20. The molecule has 0 amide bonds. The third kappa shape index (κ3) is 1.76. The van der Waals surface area contributed by atoms with Gasteiger partial charge in [0.1, 0.15) is 5.82 Å². The second-order valence-corrected chi connectivity index (χ2v) is 3.08. The third-order valence-electron chi connectivity index (χ3n) is 1.43. The van der Waals surface area contributed by atoms with Crippen molar-refractivity contribution >= 4 is 28.4 Å². The lowest BCUT2D eigenvalue weighted by Gasteiger charge is -2.01. The Morgan fingerprint density at radius 1 is 1.50 bits per heavy atom. The molecule has 1 aromatic rings. The molecular weight excluding hydrogens is 202 g/mol. The molecule has 0 aromatic heterocycles. The molecule has 0 aliphatic carbocycles. The minimum Gasteiger partial charge on any atom is -0.276 e. The van der Waals surface area contributed by atoms with Crippen molar-refractivity contribution in [3.63, 3.8) is 0 Å². The third-order valence-corrected chi connectivity index (χ3v) is 2.14. The summed E-state index contributed by atoms with van der Waals surface area (Å²) in [5.74, 6) is -0.513. The van der Waals surface area contributed by atoms with Gasteiger partial charge in [0.05, 0.1) is 10.6 Å². The van der Waals surface area contributed by atoms with Gasteiger partial charge < -0.3 is 0 Å². The quantitative estimate of drug-likeness (QED) is 0.646. The molecule has 12 heavy (non-hydrogen) atoms. The van der Waals surface area contributed by atoms with Crippen LogP contribution in [-0.2, 0) is 0 Å². The van der Waals surface area contributed by atoms with E-state index in [-0.39, 0.29) is 10.6 Å². The van der Waals surface area contributed by atoms with Crippen molar-refractivity contribution in [3.05, 3.63) is 34.1 Å². The maximum atomic E-state index is 12.7. The maximum absolute atomic E-state index is 12.7. The minimum atomic E-state index is -0.748. The molecule has 0 aliphatic rings. The second-order valence-electron chi connectivity index (χ2n) is 2.36. The van der Waals surface area contributed by atoms with E-state index < -0.39 is 11.1 Å². The molecule has 0 heterocycles. The van der Waals surface area contributed by atoms with E-state index in [1.54, 1.807) is 6.92 Å². The molecule has 0 saturated carbocycles. The van der Waals surface area contributed by atoms with Crippen LogP contribution in [0.25, 0.3) is 0 Å². The van der Waals surface area contributed by atoms with Gasteiger partial charge in [-0.3, -0.25) is 4.79 Å². The van der Waals surface area contributed by atoms with Crippen LogP contribution in [0, 0.1) is 12.7 Å². The van der Waals surface area contributed by atoms with E-state index in [2.05, 4.69) is 0 Å². The van der Waals surface area contributed by atoms with Gasteiger partial charge in [0.2, 0.25) is 0 Å². The van der Waals surface area contributed by atoms with Crippen LogP contribution in [0.1, 0.15) is 15.9 Å². The van der Waals surface area contributed by atoms with Crippen molar-refractivity contribution in [2.24, 2.45) is 0 Å². The smallest absolute Gasteiger partial charge is 0.254 e. The largest absolute Gasteiger partial charge is 0.276 e. The summed E-state index contributed by atoms with van der Waals surface area (Å²) in [5, 5.41) is -0.543. The lowest BCUT2D eigenvalue weighted by atomic mass is 10.1. The van der Waals surface area contributed by atoms with Crippen LogP contribution in [0.15, 0.2) is 12.1 Å². The molecule has 4 heteroatoms. The van der Waals surface area contributed by atoms with Gasteiger partial charge in [0.25, 0.3) is 5.24 Å². The van der Waals surface area contributed by atoms with E-state index in [1.807, 2.05) is 0 Å². The first-order chi connectivity index (χ1) is 5.52. The van der Waals surface area contributed by atoms with Crippen LogP contribution in [0.4, 0.5) is 4.39 Å². The number of rotatable bonds is 1. The standard InChI is InChI=1S/C8H5Cl2FO/c1-4-2-5(11)3-6(7(4)9)8(10)12/h2-3H,1H3. The van der Waals surface area contributed by atoms with E-state index in [0.29, 0.717) is 5.56 Å². The molecule has 0 saturated heterocycles. The van der Waals surface area contributed by atoms with E-state index >= 15 is 0 Å². The molecule has 0 atom stereocenters. The molecular formula is C8H5Cl2FO. The van der Waals surface area contributed by atoms with Crippen molar-refractivity contribution in [2.45, 2.75) is 6.92 Å². The van der Waals surface area contributed by atoms with Gasteiger partial charge >= 0.3 is 0 Å². The average molecular weight is 207 g/mol. The Hall–Kier alpha value is -0.600. The molecule has 64 valence electrons. The van der Waals surface area contributed by atoms with E-state index in [1.165, 1.54) is 6.07 Å². The fourth-order valence-electron chi connectivity index (χ4n) is 0.869. The molecule has 1 rings (SSSR count). The Labute approximate surface area is 79.1 Å². The lowest BCUT2D eigenvalue weighted by molar-refractivity contribution is 0.108. The number of carbonyl (C=O) groups excluding carboxylic acids is 1. The van der Waals surface area contributed by atoms with Crippen LogP contribution in [0.3, 0.4) is 0 Å². The van der Waals surface area contributed by atoms with Crippen molar-refractivity contribution in [1.29, 1.82) is 0 Å². The number of hydrogen-bond acceptors (Lipinski definition) is 1. The highest BCUT2D eigenvalue weighted by molar-refractivity contribution is 6.68. The summed E-state index contributed by atoms with van der Waals surface area (Å²) in [6.07, 6.45) is 0. The zero-order valence-corrected chi connectivity index (χ0v) is 7.71. The van der Waals surface area contributed by atoms with Crippen LogP contribution >= 0.6 is 23.2 Å². The molecule has 0 radical (unpaired) electrons. The Morgan fingerprint density at radius 3 is 2.58 bits per heavy atom. The molecule has 0 aliphatic heterocycles. The van der Waals surface area contributed by atoms with Gasteiger partial charge in [0, 0.05) is 0 Å². The normalized spacial score (nSPS) is 10.0. The number of hydrogen-bond donors (Lipinski definition) is 0. The van der Waals surface area contributed by atoms with Gasteiger partial charge in [0.15, 0.2) is 0 Å². The van der Waals surface area contributed by atoms with Crippen molar-refractivity contribution in [1.82, 2.24) is 0 Å². The van der Waals surface area contributed by atoms with Crippen LogP contribution < -0.4 is 0 Å². The summed E-state index contributed by atoms with van der Waals surface area (Å²) >= 11 is 10.9. The van der Waals surface area contributed by atoms with Crippen LogP contribution in [-0.4, -0.2) is 5.24 Å². The molecule has 0 fully saturated rings. The van der Waals surface area contributed by atoms with Crippen molar-refractivity contribution in [3.8, 4) is 0 Å². The number of carbonyl (C=O) groups is 1. The summed E-state index contributed by atoms with van der Waals surface area (Å²) in [4.78, 5) is 10.7. The fraction of sp³-hybridized carbons (Fsp3) is 0.125.